The number of carbonyl (C=O) groups is 2. The standard InChI is InChI=1S/C26H22ClN3O4/c1-17-5-7-18(8-6-17)23-16-30(21-4-2-3-20(27)15-21)29-26(23)34-22-11-9-19(10-12-22)25(33)28-14-13-24(31)32/h2-12,15-16H,13-14H2,1H3,(H,28,33)(H,31,32). The maximum atomic E-state index is 12.2. The molecule has 1 amide bonds. The molecule has 8 heteroatoms. The molecule has 4 aromatic rings. The number of carboxylic acids is 1. The molecule has 3 aromatic carbocycles. The largest absolute Gasteiger partial charge is 0.481 e. The lowest BCUT2D eigenvalue weighted by molar-refractivity contribution is -0.136. The van der Waals surface area contributed by atoms with E-state index in [2.05, 4.69) is 10.4 Å². The van der Waals surface area contributed by atoms with Crippen LogP contribution >= 0.6 is 11.6 Å². The van der Waals surface area contributed by atoms with Gasteiger partial charge in [0.25, 0.3) is 5.91 Å². The van der Waals surface area contributed by atoms with E-state index in [4.69, 9.17) is 21.4 Å². The molecule has 0 aliphatic rings. The van der Waals surface area contributed by atoms with Crippen molar-refractivity contribution in [3.8, 4) is 28.4 Å². The summed E-state index contributed by atoms with van der Waals surface area (Å²) in [5, 5.41) is 16.5. The van der Waals surface area contributed by atoms with E-state index in [9.17, 15) is 9.59 Å². The normalized spacial score (nSPS) is 10.6. The average Bonchev–Trinajstić information content (AvgIpc) is 3.23. The fraction of sp³-hybridized carbons (Fsp3) is 0.115. The number of ether oxygens (including phenoxy) is 1. The lowest BCUT2D eigenvalue weighted by atomic mass is 10.1. The summed E-state index contributed by atoms with van der Waals surface area (Å²) in [6.45, 7) is 2.09. The second kappa shape index (κ2) is 10.2. The van der Waals surface area contributed by atoms with E-state index >= 15 is 0 Å². The van der Waals surface area contributed by atoms with Crippen molar-refractivity contribution in [1.29, 1.82) is 0 Å². The van der Waals surface area contributed by atoms with Gasteiger partial charge in [-0.15, -0.1) is 5.10 Å². The van der Waals surface area contributed by atoms with Gasteiger partial charge >= 0.3 is 5.97 Å². The van der Waals surface area contributed by atoms with Crippen LogP contribution in [0.5, 0.6) is 11.6 Å². The van der Waals surface area contributed by atoms with E-state index in [0.29, 0.717) is 22.2 Å². The molecule has 0 radical (unpaired) electrons. The van der Waals surface area contributed by atoms with Crippen LogP contribution in [0.1, 0.15) is 22.3 Å². The van der Waals surface area contributed by atoms with Crippen LogP contribution in [0.2, 0.25) is 5.02 Å². The first kappa shape index (κ1) is 23.1. The fourth-order valence-electron chi connectivity index (χ4n) is 3.29. The lowest BCUT2D eigenvalue weighted by Gasteiger charge is -2.07. The third kappa shape index (κ3) is 5.63. The summed E-state index contributed by atoms with van der Waals surface area (Å²) in [7, 11) is 0. The number of aliphatic carboxylic acids is 1. The summed E-state index contributed by atoms with van der Waals surface area (Å²) in [6.07, 6.45) is 1.75. The molecule has 0 spiro atoms. The van der Waals surface area contributed by atoms with E-state index < -0.39 is 5.97 Å². The first-order chi connectivity index (χ1) is 16.4. The minimum Gasteiger partial charge on any atom is -0.481 e. The summed E-state index contributed by atoms with van der Waals surface area (Å²) >= 11 is 6.16. The van der Waals surface area contributed by atoms with Gasteiger partial charge in [0.05, 0.1) is 17.7 Å². The van der Waals surface area contributed by atoms with Crippen molar-refractivity contribution in [1.82, 2.24) is 15.1 Å². The third-order valence-electron chi connectivity index (χ3n) is 5.07. The fourth-order valence-corrected chi connectivity index (χ4v) is 3.47. The highest BCUT2D eigenvalue weighted by Crippen LogP contribution is 2.33. The molecule has 0 aliphatic heterocycles. The quantitative estimate of drug-likeness (QED) is 0.351. The van der Waals surface area contributed by atoms with Crippen molar-refractivity contribution in [3.05, 3.63) is 95.1 Å². The van der Waals surface area contributed by atoms with Gasteiger partial charge in [0.15, 0.2) is 0 Å². The first-order valence-electron chi connectivity index (χ1n) is 10.6. The number of aromatic nitrogens is 2. The zero-order valence-corrected chi connectivity index (χ0v) is 19.1. The van der Waals surface area contributed by atoms with Gasteiger partial charge in [-0.1, -0.05) is 47.5 Å². The molecule has 0 unspecified atom stereocenters. The Kier molecular flexibility index (Phi) is 6.94. The molecule has 7 nitrogen and oxygen atoms in total. The van der Waals surface area contributed by atoms with Crippen LogP contribution in [0.4, 0.5) is 0 Å². The summed E-state index contributed by atoms with van der Waals surface area (Å²) in [6, 6.07) is 22.0. The second-order valence-electron chi connectivity index (χ2n) is 7.66. The number of carbonyl (C=O) groups excluding carboxylic acids is 1. The van der Waals surface area contributed by atoms with Crippen LogP contribution in [-0.4, -0.2) is 33.3 Å². The molecule has 1 heterocycles. The highest BCUT2D eigenvalue weighted by Gasteiger charge is 2.15. The van der Waals surface area contributed by atoms with Crippen LogP contribution in [0.15, 0.2) is 79.0 Å². The Bertz CT molecular complexity index is 1310. The number of carboxylic acid groups (broad SMARTS) is 1. The van der Waals surface area contributed by atoms with Gasteiger partial charge in [0.1, 0.15) is 5.75 Å². The Morgan fingerprint density at radius 2 is 1.79 bits per heavy atom. The summed E-state index contributed by atoms with van der Waals surface area (Å²) < 4.78 is 7.81. The molecule has 0 fully saturated rings. The van der Waals surface area contributed by atoms with Crippen LogP contribution in [-0.2, 0) is 4.79 Å². The van der Waals surface area contributed by atoms with Crippen LogP contribution in [0.3, 0.4) is 0 Å². The Hall–Kier alpha value is -4.10. The van der Waals surface area contributed by atoms with E-state index in [1.807, 2.05) is 55.6 Å². The van der Waals surface area contributed by atoms with Crippen molar-refractivity contribution < 1.29 is 19.4 Å². The zero-order valence-electron chi connectivity index (χ0n) is 18.4. The maximum Gasteiger partial charge on any atom is 0.305 e. The molecule has 34 heavy (non-hydrogen) atoms. The van der Waals surface area contributed by atoms with E-state index in [1.165, 1.54) is 0 Å². The number of amides is 1. The zero-order chi connectivity index (χ0) is 24.1. The van der Waals surface area contributed by atoms with Crippen LogP contribution in [0, 0.1) is 6.92 Å². The number of rotatable bonds is 8. The Morgan fingerprint density at radius 3 is 2.47 bits per heavy atom. The van der Waals surface area contributed by atoms with Gasteiger partial charge in [0, 0.05) is 23.3 Å². The molecule has 1 aromatic heterocycles. The van der Waals surface area contributed by atoms with Crippen LogP contribution in [0.25, 0.3) is 16.8 Å². The summed E-state index contributed by atoms with van der Waals surface area (Å²) in [4.78, 5) is 22.8. The average molecular weight is 476 g/mol. The van der Waals surface area contributed by atoms with Gasteiger partial charge in [-0.3, -0.25) is 9.59 Å². The van der Waals surface area contributed by atoms with Crippen molar-refractivity contribution >= 4 is 23.5 Å². The number of hydrogen-bond donors (Lipinski definition) is 2. The van der Waals surface area contributed by atoms with Gasteiger partial charge < -0.3 is 15.2 Å². The predicted octanol–water partition coefficient (Wildman–Crippen LogP) is 5.50. The highest BCUT2D eigenvalue weighted by molar-refractivity contribution is 6.30. The Morgan fingerprint density at radius 1 is 1.06 bits per heavy atom. The Balaban J connectivity index is 1.59. The minimum atomic E-state index is -0.967. The Labute approximate surface area is 201 Å². The molecule has 0 aliphatic carbocycles. The summed E-state index contributed by atoms with van der Waals surface area (Å²) in [5.74, 6) is -0.404. The van der Waals surface area contributed by atoms with Crippen molar-refractivity contribution in [2.45, 2.75) is 13.3 Å². The molecule has 0 saturated carbocycles. The number of aryl methyl sites for hydroxylation is 1. The molecular formula is C26H22ClN3O4. The molecular weight excluding hydrogens is 454 g/mol. The lowest BCUT2D eigenvalue weighted by Crippen LogP contribution is -2.25. The molecule has 4 rings (SSSR count). The number of benzene rings is 3. The second-order valence-corrected chi connectivity index (χ2v) is 8.10. The van der Waals surface area contributed by atoms with Gasteiger partial charge in [-0.2, -0.15) is 0 Å². The molecule has 172 valence electrons. The number of nitrogens with zero attached hydrogens (tertiary/aromatic N) is 2. The SMILES string of the molecule is Cc1ccc(-c2cn(-c3cccc(Cl)c3)nc2Oc2ccc(C(=O)NCCC(=O)O)cc2)cc1. The van der Waals surface area contributed by atoms with Crippen molar-refractivity contribution in [2.75, 3.05) is 6.54 Å². The van der Waals surface area contributed by atoms with E-state index in [0.717, 1.165) is 22.4 Å². The van der Waals surface area contributed by atoms with Gasteiger partial charge in [-0.25, -0.2) is 4.68 Å². The first-order valence-corrected chi connectivity index (χ1v) is 11.0. The van der Waals surface area contributed by atoms with E-state index in [-0.39, 0.29) is 18.9 Å². The van der Waals surface area contributed by atoms with Crippen molar-refractivity contribution in [3.63, 3.8) is 0 Å². The smallest absolute Gasteiger partial charge is 0.305 e. The third-order valence-corrected chi connectivity index (χ3v) is 5.31. The van der Waals surface area contributed by atoms with E-state index in [1.54, 1.807) is 35.0 Å². The number of halogens is 1. The highest BCUT2D eigenvalue weighted by atomic mass is 35.5. The topological polar surface area (TPSA) is 93.5 Å². The number of hydrogen-bond acceptors (Lipinski definition) is 4. The predicted molar refractivity (Wildman–Crippen MR) is 130 cm³/mol. The molecule has 0 atom stereocenters. The van der Waals surface area contributed by atoms with Crippen LogP contribution < -0.4 is 10.1 Å². The van der Waals surface area contributed by atoms with Crippen molar-refractivity contribution in [2.24, 2.45) is 0 Å². The number of nitrogens with one attached hydrogen (secondary N) is 1. The monoisotopic (exact) mass is 475 g/mol. The van der Waals surface area contributed by atoms with Gasteiger partial charge in [-0.05, 0) is 55.0 Å². The molecule has 0 bridgehead atoms. The minimum absolute atomic E-state index is 0.0628. The molecule has 0 saturated heterocycles. The molecule has 2 N–H and O–H groups in total. The summed E-state index contributed by atoms with van der Waals surface area (Å²) in [5.41, 5.74) is 4.09. The van der Waals surface area contributed by atoms with Gasteiger partial charge in [0.2, 0.25) is 5.88 Å². The maximum absolute atomic E-state index is 12.2.